The first-order chi connectivity index (χ1) is 15.8. The molecule has 0 spiro atoms. The van der Waals surface area contributed by atoms with Crippen molar-refractivity contribution in [3.63, 3.8) is 0 Å². The molecule has 2 aromatic rings. The highest BCUT2D eigenvalue weighted by Gasteiger charge is 2.71. The Balaban J connectivity index is 1.56. The molecule has 0 radical (unpaired) electrons. The third kappa shape index (κ3) is 3.10. The zero-order valence-electron chi connectivity index (χ0n) is 18.5. The Morgan fingerprint density at radius 3 is 2.24 bits per heavy atom. The summed E-state index contributed by atoms with van der Waals surface area (Å²) in [4.78, 5) is 57.6. The fourth-order valence-corrected chi connectivity index (χ4v) is 5.59. The predicted octanol–water partition coefficient (Wildman–Crippen LogP) is 1.94. The van der Waals surface area contributed by atoms with E-state index in [1.165, 1.54) is 16.8 Å². The van der Waals surface area contributed by atoms with Gasteiger partial charge in [0.05, 0.1) is 17.9 Å². The van der Waals surface area contributed by atoms with Crippen molar-refractivity contribution in [3.05, 3.63) is 77.9 Å². The summed E-state index contributed by atoms with van der Waals surface area (Å²) in [5, 5.41) is 0. The highest BCUT2D eigenvalue weighted by atomic mass is 16.2. The third-order valence-electron chi connectivity index (χ3n) is 7.16. The molecule has 3 fully saturated rings. The SMILES string of the molecule is CN1C(=O)[C@H]2[C@@H](/C=C/c3ccccc3)N3C(=O)CN(Cc4ccccc4)C(=O)[C@@]3(C)[C@H]2C1=O. The summed E-state index contributed by atoms with van der Waals surface area (Å²) in [6, 6.07) is 18.3. The first-order valence-corrected chi connectivity index (χ1v) is 11.0. The van der Waals surface area contributed by atoms with Crippen LogP contribution in [0.3, 0.4) is 0 Å². The molecule has 168 valence electrons. The van der Waals surface area contributed by atoms with Crippen LogP contribution in [-0.2, 0) is 25.7 Å². The van der Waals surface area contributed by atoms with Crippen molar-refractivity contribution < 1.29 is 19.2 Å². The van der Waals surface area contributed by atoms with Crippen molar-refractivity contribution in [1.29, 1.82) is 0 Å². The molecule has 0 aliphatic carbocycles. The number of piperazine rings is 1. The monoisotopic (exact) mass is 443 g/mol. The smallest absolute Gasteiger partial charge is 0.249 e. The van der Waals surface area contributed by atoms with Crippen molar-refractivity contribution >= 4 is 29.7 Å². The zero-order valence-corrected chi connectivity index (χ0v) is 18.5. The van der Waals surface area contributed by atoms with Gasteiger partial charge in [0.1, 0.15) is 12.1 Å². The van der Waals surface area contributed by atoms with Gasteiger partial charge in [-0.3, -0.25) is 24.1 Å². The van der Waals surface area contributed by atoms with E-state index in [0.29, 0.717) is 0 Å². The summed E-state index contributed by atoms with van der Waals surface area (Å²) < 4.78 is 0. The number of nitrogens with zero attached hydrogens (tertiary/aromatic N) is 3. The van der Waals surface area contributed by atoms with Crippen molar-refractivity contribution in [2.45, 2.75) is 25.0 Å². The minimum Gasteiger partial charge on any atom is -0.327 e. The van der Waals surface area contributed by atoms with Crippen LogP contribution in [0.2, 0.25) is 0 Å². The van der Waals surface area contributed by atoms with Gasteiger partial charge in [-0.25, -0.2) is 0 Å². The first kappa shape index (κ1) is 21.1. The molecule has 7 nitrogen and oxygen atoms in total. The number of hydrogen-bond acceptors (Lipinski definition) is 4. The van der Waals surface area contributed by atoms with Crippen LogP contribution in [0.4, 0.5) is 0 Å². The van der Waals surface area contributed by atoms with Crippen LogP contribution in [0.15, 0.2) is 66.7 Å². The maximum absolute atomic E-state index is 13.8. The maximum atomic E-state index is 13.8. The minimum atomic E-state index is -1.42. The first-order valence-electron chi connectivity index (χ1n) is 11.0. The molecule has 2 aromatic carbocycles. The average molecular weight is 444 g/mol. The van der Waals surface area contributed by atoms with E-state index >= 15 is 0 Å². The van der Waals surface area contributed by atoms with E-state index in [-0.39, 0.29) is 30.8 Å². The Morgan fingerprint density at radius 1 is 0.939 bits per heavy atom. The normalized spacial score (nSPS) is 29.3. The molecular formula is C26H25N3O4. The summed E-state index contributed by atoms with van der Waals surface area (Å²) in [6.45, 7) is 1.83. The van der Waals surface area contributed by atoms with E-state index in [0.717, 1.165) is 16.0 Å². The molecule has 3 saturated heterocycles. The topological polar surface area (TPSA) is 78.0 Å². The van der Waals surface area contributed by atoms with E-state index in [1.54, 1.807) is 13.0 Å². The summed E-state index contributed by atoms with van der Waals surface area (Å²) >= 11 is 0. The van der Waals surface area contributed by atoms with E-state index in [1.807, 2.05) is 66.7 Å². The molecule has 0 N–H and O–H groups in total. The zero-order chi connectivity index (χ0) is 23.3. The predicted molar refractivity (Wildman–Crippen MR) is 121 cm³/mol. The van der Waals surface area contributed by atoms with Gasteiger partial charge < -0.3 is 9.80 Å². The third-order valence-corrected chi connectivity index (χ3v) is 7.16. The van der Waals surface area contributed by atoms with Crippen LogP contribution in [0.1, 0.15) is 18.1 Å². The van der Waals surface area contributed by atoms with Crippen molar-refractivity contribution in [3.8, 4) is 0 Å². The fourth-order valence-electron chi connectivity index (χ4n) is 5.59. The second-order valence-electron chi connectivity index (χ2n) is 9.06. The summed E-state index contributed by atoms with van der Waals surface area (Å²) in [7, 11) is 1.45. The Bertz CT molecular complexity index is 1160. The maximum Gasteiger partial charge on any atom is 0.249 e. The number of hydrogen-bond donors (Lipinski definition) is 0. The number of rotatable bonds is 4. The van der Waals surface area contributed by atoms with Crippen LogP contribution < -0.4 is 0 Å². The number of amides is 4. The fraction of sp³-hybridized carbons (Fsp3) is 0.308. The average Bonchev–Trinajstić information content (AvgIpc) is 3.23. The Morgan fingerprint density at radius 2 is 1.58 bits per heavy atom. The molecule has 0 aromatic heterocycles. The summed E-state index contributed by atoms with van der Waals surface area (Å²) in [6.07, 6.45) is 3.64. The molecule has 4 amide bonds. The van der Waals surface area contributed by atoms with Crippen molar-refractivity contribution in [2.75, 3.05) is 13.6 Å². The highest BCUT2D eigenvalue weighted by Crippen LogP contribution is 2.51. The molecule has 0 bridgehead atoms. The molecule has 0 unspecified atom stereocenters. The molecule has 3 aliphatic heterocycles. The van der Waals surface area contributed by atoms with Gasteiger partial charge >= 0.3 is 0 Å². The molecule has 5 rings (SSSR count). The van der Waals surface area contributed by atoms with E-state index in [2.05, 4.69) is 0 Å². The lowest BCUT2D eigenvalue weighted by Gasteiger charge is -2.46. The number of carbonyl (C=O) groups excluding carboxylic acids is 4. The second kappa shape index (κ2) is 7.69. The van der Waals surface area contributed by atoms with Gasteiger partial charge in [0.15, 0.2) is 0 Å². The molecule has 3 heterocycles. The number of benzene rings is 2. The molecular weight excluding hydrogens is 418 g/mol. The quantitative estimate of drug-likeness (QED) is 0.677. The van der Waals surface area contributed by atoms with Gasteiger partial charge in [-0.1, -0.05) is 72.8 Å². The standard InChI is InChI=1S/C26H25N3O4/c1-26-22-21(23(31)27(2)24(22)32)19(14-13-17-9-5-3-6-10-17)29(26)20(30)16-28(25(26)33)15-18-11-7-4-8-12-18/h3-14,19,21-22H,15-16H2,1-2H3/b14-13+/t19-,21+,22-,26-/m1/s1. The van der Waals surface area contributed by atoms with Gasteiger partial charge in [-0.15, -0.1) is 0 Å². The molecule has 3 aliphatic rings. The Kier molecular flexibility index (Phi) is 4.92. The van der Waals surface area contributed by atoms with Gasteiger partial charge in [-0.05, 0) is 18.1 Å². The summed E-state index contributed by atoms with van der Waals surface area (Å²) in [5.41, 5.74) is 0.392. The van der Waals surface area contributed by atoms with Gasteiger partial charge in [0.25, 0.3) is 0 Å². The van der Waals surface area contributed by atoms with Crippen LogP contribution in [0, 0.1) is 11.8 Å². The van der Waals surface area contributed by atoms with Gasteiger partial charge in [-0.2, -0.15) is 0 Å². The van der Waals surface area contributed by atoms with E-state index in [9.17, 15) is 19.2 Å². The van der Waals surface area contributed by atoms with Crippen molar-refractivity contribution in [2.24, 2.45) is 11.8 Å². The van der Waals surface area contributed by atoms with Crippen LogP contribution in [0.5, 0.6) is 0 Å². The second-order valence-corrected chi connectivity index (χ2v) is 9.06. The van der Waals surface area contributed by atoms with E-state index in [4.69, 9.17) is 0 Å². The highest BCUT2D eigenvalue weighted by molar-refractivity contribution is 6.12. The van der Waals surface area contributed by atoms with Crippen LogP contribution in [-0.4, -0.2) is 63.5 Å². The lowest BCUT2D eigenvalue weighted by Crippen LogP contribution is -2.68. The lowest BCUT2D eigenvalue weighted by molar-refractivity contribution is -0.167. The van der Waals surface area contributed by atoms with Crippen molar-refractivity contribution in [1.82, 2.24) is 14.7 Å². The number of carbonyl (C=O) groups is 4. The number of likely N-dealkylation sites (tertiary alicyclic amines) is 1. The van der Waals surface area contributed by atoms with Gasteiger partial charge in [0.2, 0.25) is 23.6 Å². The summed E-state index contributed by atoms with van der Waals surface area (Å²) in [5.74, 6) is -3.00. The molecule has 0 saturated carbocycles. The van der Waals surface area contributed by atoms with Gasteiger partial charge in [0, 0.05) is 13.6 Å². The molecule has 7 heteroatoms. The molecule has 4 atom stereocenters. The number of fused-ring (bicyclic) bond motifs is 3. The minimum absolute atomic E-state index is 0.0867. The molecule has 33 heavy (non-hydrogen) atoms. The Labute approximate surface area is 192 Å². The van der Waals surface area contributed by atoms with Crippen LogP contribution in [0.25, 0.3) is 6.08 Å². The largest absolute Gasteiger partial charge is 0.327 e. The number of imide groups is 1. The Hall–Kier alpha value is -3.74. The lowest BCUT2D eigenvalue weighted by atomic mass is 9.79. The van der Waals surface area contributed by atoms with E-state index < -0.39 is 29.3 Å². The van der Waals surface area contributed by atoms with Crippen LogP contribution >= 0.6 is 0 Å².